The third-order valence-corrected chi connectivity index (χ3v) is 5.95. The molecule has 12 nitrogen and oxygen atoms in total. The zero-order valence-corrected chi connectivity index (χ0v) is 17.5. The molecule has 0 heterocycles. The molecular formula is C15H30N6O6S. The highest BCUT2D eigenvalue weighted by atomic mass is 32.2. The third kappa shape index (κ3) is 9.22. The van der Waals surface area contributed by atoms with Crippen molar-refractivity contribution in [3.05, 3.63) is 10.4 Å². The van der Waals surface area contributed by atoms with Gasteiger partial charge in [-0.2, -0.15) is 0 Å². The van der Waals surface area contributed by atoms with Gasteiger partial charge in [-0.3, -0.25) is 0 Å². The van der Waals surface area contributed by atoms with E-state index in [0.29, 0.717) is 19.4 Å². The van der Waals surface area contributed by atoms with Gasteiger partial charge >= 0.3 is 12.1 Å². The lowest BCUT2D eigenvalue weighted by molar-refractivity contribution is -0.139. The predicted molar refractivity (Wildman–Crippen MR) is 103 cm³/mol. The molecule has 0 aliphatic carbocycles. The molecule has 0 fully saturated rings. The normalized spacial score (nSPS) is 14.1. The standard InChI is InChI=1S/C15H30N6O6S/c1-15(2,10-18-20-17)12(9-28(25,26)21(3)4)27-14(24)19-11(13(22)23)7-5-6-8-16/h11-12H,5-10,16H2,1-4H3,(H,19,24)(H,22,23)/t11-,12?/m0/s1. The number of rotatable bonds is 13. The van der Waals surface area contributed by atoms with Crippen LogP contribution in [-0.4, -0.2) is 75.0 Å². The van der Waals surface area contributed by atoms with Gasteiger partial charge in [0.25, 0.3) is 0 Å². The summed E-state index contributed by atoms with van der Waals surface area (Å²) in [5.41, 5.74) is 12.9. The molecule has 2 atom stereocenters. The number of carbonyl (C=O) groups is 2. The average Bonchev–Trinajstić information content (AvgIpc) is 2.58. The maximum atomic E-state index is 12.3. The fourth-order valence-electron chi connectivity index (χ4n) is 2.13. The summed E-state index contributed by atoms with van der Waals surface area (Å²) < 4.78 is 30.7. The number of nitrogens with two attached hydrogens (primary N) is 1. The van der Waals surface area contributed by atoms with E-state index in [1.807, 2.05) is 0 Å². The Bertz CT molecular complexity index is 675. The summed E-state index contributed by atoms with van der Waals surface area (Å²) >= 11 is 0. The Balaban J connectivity index is 5.36. The minimum absolute atomic E-state index is 0.122. The fraction of sp³-hybridized carbons (Fsp3) is 0.867. The maximum Gasteiger partial charge on any atom is 0.408 e. The number of sulfonamides is 1. The van der Waals surface area contributed by atoms with Crippen LogP contribution in [0.2, 0.25) is 0 Å². The van der Waals surface area contributed by atoms with Gasteiger partial charge in [0.1, 0.15) is 17.9 Å². The summed E-state index contributed by atoms with van der Waals surface area (Å²) in [6, 6.07) is -1.19. The number of azide groups is 1. The number of carbonyl (C=O) groups excluding carboxylic acids is 1. The summed E-state index contributed by atoms with van der Waals surface area (Å²) in [6.45, 7) is 3.44. The van der Waals surface area contributed by atoms with Crippen molar-refractivity contribution in [2.45, 2.75) is 45.3 Å². The number of hydrogen-bond donors (Lipinski definition) is 3. The highest BCUT2D eigenvalue weighted by Crippen LogP contribution is 2.26. The number of unbranched alkanes of at least 4 members (excludes halogenated alkanes) is 1. The zero-order valence-electron chi connectivity index (χ0n) is 16.7. The van der Waals surface area contributed by atoms with E-state index < -0.39 is 45.4 Å². The van der Waals surface area contributed by atoms with E-state index in [0.717, 1.165) is 4.31 Å². The molecule has 0 radical (unpaired) electrons. The van der Waals surface area contributed by atoms with Crippen LogP contribution in [0, 0.1) is 5.41 Å². The van der Waals surface area contributed by atoms with Gasteiger partial charge in [-0.15, -0.1) is 0 Å². The molecule has 4 N–H and O–H groups in total. The van der Waals surface area contributed by atoms with Crippen molar-refractivity contribution in [2.24, 2.45) is 16.3 Å². The Morgan fingerprint density at radius 2 is 1.96 bits per heavy atom. The molecule has 0 bridgehead atoms. The van der Waals surface area contributed by atoms with Crippen molar-refractivity contribution >= 4 is 22.1 Å². The number of amides is 1. The Morgan fingerprint density at radius 3 is 2.43 bits per heavy atom. The number of carboxylic acid groups (broad SMARTS) is 1. The Labute approximate surface area is 165 Å². The SMILES string of the molecule is CN(C)S(=O)(=O)CC(OC(=O)N[C@@H](CCCCN)C(=O)O)C(C)(C)CN=[N+]=[N-]. The van der Waals surface area contributed by atoms with E-state index >= 15 is 0 Å². The second-order valence-corrected chi connectivity index (χ2v) is 9.38. The minimum Gasteiger partial charge on any atom is -0.480 e. The first-order chi connectivity index (χ1) is 12.9. The lowest BCUT2D eigenvalue weighted by atomic mass is 9.87. The summed E-state index contributed by atoms with van der Waals surface area (Å²) in [6.07, 6.45) is -0.987. The van der Waals surface area contributed by atoms with Crippen LogP contribution in [0.1, 0.15) is 33.1 Å². The molecule has 0 aromatic rings. The summed E-state index contributed by atoms with van der Waals surface area (Å²) in [5.74, 6) is -1.79. The smallest absolute Gasteiger partial charge is 0.408 e. The van der Waals surface area contributed by atoms with Gasteiger partial charge < -0.3 is 20.9 Å². The van der Waals surface area contributed by atoms with Crippen LogP contribution in [0.4, 0.5) is 4.79 Å². The molecule has 162 valence electrons. The summed E-state index contributed by atoms with van der Waals surface area (Å²) in [7, 11) is -1.07. The van der Waals surface area contributed by atoms with Crippen molar-refractivity contribution in [3.8, 4) is 0 Å². The fourth-order valence-corrected chi connectivity index (χ4v) is 3.33. The lowest BCUT2D eigenvalue weighted by Gasteiger charge is -2.33. The van der Waals surface area contributed by atoms with E-state index in [2.05, 4.69) is 15.3 Å². The molecule has 1 amide bonds. The van der Waals surface area contributed by atoms with Crippen LogP contribution in [0.25, 0.3) is 10.4 Å². The van der Waals surface area contributed by atoms with Crippen molar-refractivity contribution in [3.63, 3.8) is 0 Å². The van der Waals surface area contributed by atoms with Gasteiger partial charge in [0.05, 0.1) is 0 Å². The zero-order chi connectivity index (χ0) is 22.0. The summed E-state index contributed by atoms with van der Waals surface area (Å²) in [4.78, 5) is 26.2. The van der Waals surface area contributed by atoms with E-state index in [-0.39, 0.29) is 13.0 Å². The molecule has 28 heavy (non-hydrogen) atoms. The van der Waals surface area contributed by atoms with Crippen molar-refractivity contribution in [1.29, 1.82) is 0 Å². The molecular weight excluding hydrogens is 392 g/mol. The highest BCUT2D eigenvalue weighted by molar-refractivity contribution is 7.89. The first kappa shape index (κ1) is 25.9. The number of carboxylic acids is 1. The Morgan fingerprint density at radius 1 is 1.36 bits per heavy atom. The van der Waals surface area contributed by atoms with Crippen LogP contribution >= 0.6 is 0 Å². The van der Waals surface area contributed by atoms with Crippen molar-refractivity contribution < 1.29 is 27.9 Å². The molecule has 0 saturated heterocycles. The molecule has 0 aliphatic rings. The van der Waals surface area contributed by atoms with Crippen molar-refractivity contribution in [2.75, 3.05) is 32.9 Å². The van der Waals surface area contributed by atoms with Crippen LogP contribution < -0.4 is 11.1 Å². The van der Waals surface area contributed by atoms with Gasteiger partial charge in [-0.25, -0.2) is 22.3 Å². The second kappa shape index (κ2) is 11.7. The van der Waals surface area contributed by atoms with E-state index in [1.54, 1.807) is 13.8 Å². The minimum atomic E-state index is -3.75. The molecule has 1 unspecified atom stereocenters. The number of nitrogens with one attached hydrogen (secondary N) is 1. The predicted octanol–water partition coefficient (Wildman–Crippen LogP) is 0.891. The topological polar surface area (TPSA) is 188 Å². The first-order valence-electron chi connectivity index (χ1n) is 8.68. The largest absolute Gasteiger partial charge is 0.480 e. The number of aliphatic carboxylic acids is 1. The van der Waals surface area contributed by atoms with Gasteiger partial charge in [-0.05, 0) is 31.3 Å². The Kier molecular flexibility index (Phi) is 10.8. The molecule has 0 aromatic carbocycles. The van der Waals surface area contributed by atoms with Gasteiger partial charge in [-0.1, -0.05) is 19.0 Å². The third-order valence-electron chi connectivity index (χ3n) is 4.12. The van der Waals surface area contributed by atoms with Crippen LogP contribution in [0.15, 0.2) is 5.11 Å². The molecule has 13 heteroatoms. The first-order valence-corrected chi connectivity index (χ1v) is 10.3. The van der Waals surface area contributed by atoms with Gasteiger partial charge in [0.2, 0.25) is 10.0 Å². The van der Waals surface area contributed by atoms with Crippen LogP contribution in [0.3, 0.4) is 0 Å². The van der Waals surface area contributed by atoms with Crippen LogP contribution in [-0.2, 0) is 19.6 Å². The molecule has 0 spiro atoms. The number of ether oxygens (including phenoxy) is 1. The lowest BCUT2D eigenvalue weighted by Crippen LogP contribution is -2.48. The van der Waals surface area contributed by atoms with E-state index in [9.17, 15) is 23.1 Å². The number of alkyl carbamates (subject to hydrolysis) is 1. The van der Waals surface area contributed by atoms with E-state index in [4.69, 9.17) is 16.0 Å². The molecule has 0 aromatic heterocycles. The second-order valence-electron chi connectivity index (χ2n) is 7.15. The summed E-state index contributed by atoms with van der Waals surface area (Å²) in [5, 5.41) is 14.9. The van der Waals surface area contributed by atoms with Crippen molar-refractivity contribution in [1.82, 2.24) is 9.62 Å². The number of hydrogen-bond acceptors (Lipinski definition) is 7. The van der Waals surface area contributed by atoms with Gasteiger partial charge in [0, 0.05) is 31.0 Å². The number of nitrogens with zero attached hydrogens (tertiary/aromatic N) is 4. The maximum absolute atomic E-state index is 12.3. The van der Waals surface area contributed by atoms with E-state index in [1.165, 1.54) is 14.1 Å². The average molecular weight is 423 g/mol. The van der Waals surface area contributed by atoms with Crippen LogP contribution in [0.5, 0.6) is 0 Å². The Hall–Kier alpha value is -2.08. The van der Waals surface area contributed by atoms with Gasteiger partial charge in [0.15, 0.2) is 0 Å². The molecule has 0 saturated carbocycles. The highest BCUT2D eigenvalue weighted by Gasteiger charge is 2.37. The molecule has 0 rings (SSSR count). The quantitative estimate of drug-likeness (QED) is 0.170. The molecule has 0 aliphatic heterocycles. The monoisotopic (exact) mass is 422 g/mol.